The van der Waals surface area contributed by atoms with Crippen molar-refractivity contribution < 1.29 is 19.8 Å². The van der Waals surface area contributed by atoms with Gasteiger partial charge in [-0.1, -0.05) is 80.4 Å². The predicted octanol–water partition coefficient (Wildman–Crippen LogP) is 5.44. The number of rotatable bonds is 14. The van der Waals surface area contributed by atoms with Crippen LogP contribution in [0.5, 0.6) is 0 Å². The summed E-state index contributed by atoms with van der Waals surface area (Å²) in [4.78, 5) is 26.1. The lowest BCUT2D eigenvalue weighted by Crippen LogP contribution is -2.37. The highest BCUT2D eigenvalue weighted by atomic mass is 16.7. The van der Waals surface area contributed by atoms with E-state index < -0.39 is 6.41 Å². The Labute approximate surface area is 287 Å². The number of ether oxygens (including phenoxy) is 1. The molecule has 3 heterocycles. The molecule has 3 aliphatic rings. The summed E-state index contributed by atoms with van der Waals surface area (Å²) in [7, 11) is 0. The molecule has 4 aromatic rings. The highest BCUT2D eigenvalue weighted by Gasteiger charge is 2.33. The molecule has 2 aliphatic carbocycles. The van der Waals surface area contributed by atoms with Crippen LogP contribution >= 0.6 is 0 Å². The van der Waals surface area contributed by atoms with Crippen LogP contribution in [0.4, 0.5) is 0 Å². The van der Waals surface area contributed by atoms with Crippen LogP contribution < -0.4 is 5.56 Å². The molecule has 0 radical (unpaired) electrons. The van der Waals surface area contributed by atoms with Gasteiger partial charge in [0.25, 0.3) is 5.56 Å². The highest BCUT2D eigenvalue weighted by Crippen LogP contribution is 2.35. The fourth-order valence-electron chi connectivity index (χ4n) is 7.40. The monoisotopic (exact) mass is 668 g/mol. The van der Waals surface area contributed by atoms with E-state index in [1.54, 1.807) is 11.2 Å². The minimum absolute atomic E-state index is 0.0110. The van der Waals surface area contributed by atoms with E-state index >= 15 is 0 Å². The number of unbranched alkanes of at least 4 members (excludes halogenated alkanes) is 1. The van der Waals surface area contributed by atoms with E-state index in [0.717, 1.165) is 97.7 Å². The van der Waals surface area contributed by atoms with Crippen LogP contribution in [0.1, 0.15) is 100 Å². The van der Waals surface area contributed by atoms with E-state index in [1.807, 2.05) is 27.3 Å². The van der Waals surface area contributed by atoms with Crippen molar-refractivity contribution in [2.45, 2.75) is 109 Å². The molecule has 7 rings (SSSR count). The summed E-state index contributed by atoms with van der Waals surface area (Å²) in [5, 5.41) is 29.5. The van der Waals surface area contributed by atoms with Crippen LogP contribution in [-0.4, -0.2) is 71.9 Å². The van der Waals surface area contributed by atoms with Crippen LogP contribution in [-0.2, 0) is 22.4 Å². The second-order valence-electron chi connectivity index (χ2n) is 13.8. The molecule has 2 aromatic heterocycles. The van der Waals surface area contributed by atoms with Crippen molar-refractivity contribution in [1.82, 2.24) is 24.1 Å². The first-order chi connectivity index (χ1) is 24.0. The number of fused-ring (bicyclic) bond motifs is 1. The summed E-state index contributed by atoms with van der Waals surface area (Å²) in [6, 6.07) is 16.4. The highest BCUT2D eigenvalue weighted by molar-refractivity contribution is 6.04. The molecule has 0 saturated heterocycles. The Morgan fingerprint density at radius 1 is 0.980 bits per heavy atom. The lowest BCUT2D eigenvalue weighted by atomic mass is 9.92. The number of oxime groups is 1. The Bertz CT molecular complexity index is 1820. The zero-order valence-corrected chi connectivity index (χ0v) is 28.6. The molecule has 1 aliphatic heterocycles. The summed E-state index contributed by atoms with van der Waals surface area (Å²) < 4.78 is 9.85. The van der Waals surface area contributed by atoms with Gasteiger partial charge >= 0.3 is 6.41 Å². The zero-order chi connectivity index (χ0) is 33.9. The molecule has 11 heteroatoms. The van der Waals surface area contributed by atoms with E-state index in [0.29, 0.717) is 37.1 Å². The molecule has 0 amide bonds. The second-order valence-corrected chi connectivity index (χ2v) is 13.8. The van der Waals surface area contributed by atoms with E-state index in [4.69, 9.17) is 9.57 Å². The maximum absolute atomic E-state index is 14.4. The lowest BCUT2D eigenvalue weighted by Gasteiger charge is -2.31. The Balaban J connectivity index is 1.14. The minimum Gasteiger partial charge on any atom is -0.390 e. The van der Waals surface area contributed by atoms with Crippen LogP contribution in [0.3, 0.4) is 0 Å². The Kier molecular flexibility index (Phi) is 10.1. The third-order valence-corrected chi connectivity index (χ3v) is 10.3. The first kappa shape index (κ1) is 33.4. The Hall–Kier alpha value is -4.06. The molecule has 11 nitrogen and oxygen atoms in total. The molecule has 2 aromatic carbocycles. The standard InChI is InChI=1S/C38H48N6O5/c1-3-5-21-42-35(41-49-38(42)47)31-10-7-6-9-30(31)26-13-11-25(12-14-26)22-32-33(8-4-2)44-37(39-24-40-44)43(36(32)46)28-17-19-29(20-18-28)48-23-34(45)27-15-16-27/h6-7,9-14,24,27-29,34,38,45,47H,3-5,8,15-23H2,1-2H3. The fourth-order valence-corrected chi connectivity index (χ4v) is 7.40. The lowest BCUT2D eigenvalue weighted by molar-refractivity contribution is -0.145. The summed E-state index contributed by atoms with van der Waals surface area (Å²) in [5.41, 5.74) is 5.63. The molecule has 2 unspecified atom stereocenters. The predicted molar refractivity (Wildman–Crippen MR) is 187 cm³/mol. The summed E-state index contributed by atoms with van der Waals surface area (Å²) >= 11 is 0. The second kappa shape index (κ2) is 14.8. The zero-order valence-electron chi connectivity index (χ0n) is 28.6. The number of hydrogen-bond acceptors (Lipinski definition) is 9. The van der Waals surface area contributed by atoms with E-state index in [2.05, 4.69) is 59.4 Å². The van der Waals surface area contributed by atoms with Gasteiger partial charge in [-0.2, -0.15) is 10.1 Å². The van der Waals surface area contributed by atoms with E-state index in [1.165, 1.54) is 0 Å². The first-order valence-electron chi connectivity index (χ1n) is 18.1. The number of aromatic nitrogens is 4. The normalized spacial score (nSPS) is 21.6. The van der Waals surface area contributed by atoms with E-state index in [-0.39, 0.29) is 23.8 Å². The SMILES string of the molecule is CCCCN1C(c2ccccc2-c2ccc(Cc3c(CCC)n4ncnc4n(C4CCC(OCC(O)C5CC5)CC4)c3=O)cc2)=NOC1O. The maximum Gasteiger partial charge on any atom is 0.307 e. The van der Waals surface area contributed by atoms with Crippen molar-refractivity contribution in [3.05, 3.63) is 87.6 Å². The van der Waals surface area contributed by atoms with Gasteiger partial charge in [-0.3, -0.25) is 14.3 Å². The number of amidine groups is 1. The Morgan fingerprint density at radius 2 is 1.73 bits per heavy atom. The molecule has 0 spiro atoms. The number of hydrogen-bond donors (Lipinski definition) is 2. The van der Waals surface area contributed by atoms with Crippen molar-refractivity contribution >= 4 is 11.6 Å². The maximum atomic E-state index is 14.4. The van der Waals surface area contributed by atoms with Crippen LogP contribution in [0.15, 0.2) is 64.8 Å². The third kappa shape index (κ3) is 7.02. The molecule has 0 bridgehead atoms. The van der Waals surface area contributed by atoms with Crippen molar-refractivity contribution in [1.29, 1.82) is 0 Å². The summed E-state index contributed by atoms with van der Waals surface area (Å²) in [6.07, 6.45) is 9.73. The third-order valence-electron chi connectivity index (χ3n) is 10.3. The van der Waals surface area contributed by atoms with Gasteiger partial charge in [0.05, 0.1) is 24.5 Å². The minimum atomic E-state index is -1.09. The first-order valence-corrected chi connectivity index (χ1v) is 18.1. The van der Waals surface area contributed by atoms with Gasteiger partial charge in [-0.05, 0) is 74.0 Å². The average molecular weight is 669 g/mol. The van der Waals surface area contributed by atoms with Gasteiger partial charge in [-0.25, -0.2) is 4.52 Å². The van der Waals surface area contributed by atoms with Crippen molar-refractivity contribution in [3.63, 3.8) is 0 Å². The molecule has 49 heavy (non-hydrogen) atoms. The summed E-state index contributed by atoms with van der Waals surface area (Å²) in [6.45, 7) is 5.29. The fraction of sp³-hybridized carbons (Fsp3) is 0.526. The Morgan fingerprint density at radius 3 is 2.45 bits per heavy atom. The molecule has 2 atom stereocenters. The number of aliphatic hydroxyl groups excluding tert-OH is 2. The van der Waals surface area contributed by atoms with E-state index in [9.17, 15) is 15.0 Å². The van der Waals surface area contributed by atoms with Gasteiger partial charge in [0, 0.05) is 30.1 Å². The molecule has 2 saturated carbocycles. The van der Waals surface area contributed by atoms with Crippen LogP contribution in [0.2, 0.25) is 0 Å². The number of benzene rings is 2. The van der Waals surface area contributed by atoms with Crippen molar-refractivity contribution in [3.8, 4) is 11.1 Å². The number of aryl methyl sites for hydroxylation is 1. The molecular formula is C38H48N6O5. The summed E-state index contributed by atoms with van der Waals surface area (Å²) in [5.74, 6) is 1.64. The van der Waals surface area contributed by atoms with Gasteiger partial charge in [0.1, 0.15) is 6.33 Å². The molecule has 2 fully saturated rings. The molecule has 260 valence electrons. The average Bonchev–Trinajstić information content (AvgIpc) is 3.77. The van der Waals surface area contributed by atoms with Gasteiger partial charge in [-0.15, -0.1) is 0 Å². The van der Waals surface area contributed by atoms with Crippen molar-refractivity contribution in [2.75, 3.05) is 13.2 Å². The van der Waals surface area contributed by atoms with Crippen LogP contribution in [0, 0.1) is 5.92 Å². The smallest absolute Gasteiger partial charge is 0.307 e. The molecule has 2 N–H and O–H groups in total. The largest absolute Gasteiger partial charge is 0.390 e. The number of aliphatic hydroxyl groups is 2. The number of nitrogens with zero attached hydrogens (tertiary/aromatic N) is 6. The van der Waals surface area contributed by atoms with Gasteiger partial charge < -0.3 is 19.8 Å². The topological polar surface area (TPSA) is 127 Å². The van der Waals surface area contributed by atoms with Gasteiger partial charge in [0.2, 0.25) is 5.78 Å². The van der Waals surface area contributed by atoms with Crippen LogP contribution in [0.25, 0.3) is 16.9 Å². The quantitative estimate of drug-likeness (QED) is 0.182. The van der Waals surface area contributed by atoms with Gasteiger partial charge in [0.15, 0.2) is 5.84 Å². The van der Waals surface area contributed by atoms with Crippen molar-refractivity contribution in [2.24, 2.45) is 11.1 Å². The molecular weight excluding hydrogens is 620 g/mol.